The Kier molecular flexibility index (Phi) is 4.91. The number of esters is 1. The summed E-state index contributed by atoms with van der Waals surface area (Å²) in [4.78, 5) is 12.0. The second kappa shape index (κ2) is 7.46. The molecular formula is C19H18N2O3. The van der Waals surface area contributed by atoms with Crippen molar-refractivity contribution in [3.8, 4) is 11.4 Å². The van der Waals surface area contributed by atoms with Gasteiger partial charge < -0.3 is 9.47 Å². The van der Waals surface area contributed by atoms with Crippen molar-refractivity contribution in [1.82, 2.24) is 9.78 Å². The van der Waals surface area contributed by atoms with Crippen LogP contribution in [0.1, 0.15) is 16.1 Å². The second-order valence-corrected chi connectivity index (χ2v) is 5.23. The van der Waals surface area contributed by atoms with Gasteiger partial charge in [0.1, 0.15) is 19.0 Å². The largest absolute Gasteiger partial charge is 0.490 e. The summed E-state index contributed by atoms with van der Waals surface area (Å²) in [6.07, 6.45) is 1.74. The lowest BCUT2D eigenvalue weighted by molar-refractivity contribution is 0.0450. The van der Waals surface area contributed by atoms with Gasteiger partial charge in [-0.3, -0.25) is 0 Å². The SMILES string of the molecule is Cc1ccnn1-c1ccc(C(=O)OCCOc2ccccc2)cc1. The van der Waals surface area contributed by atoms with Gasteiger partial charge in [-0.2, -0.15) is 5.10 Å². The predicted octanol–water partition coefficient (Wildman–Crippen LogP) is 3.42. The Bertz CT molecular complexity index is 795. The molecule has 2 aromatic carbocycles. The highest BCUT2D eigenvalue weighted by Gasteiger charge is 2.08. The van der Waals surface area contributed by atoms with Crippen LogP contribution in [0.4, 0.5) is 0 Å². The quantitative estimate of drug-likeness (QED) is 0.515. The fourth-order valence-corrected chi connectivity index (χ4v) is 2.27. The van der Waals surface area contributed by atoms with Crippen LogP contribution in [0.5, 0.6) is 5.75 Å². The molecule has 5 heteroatoms. The Labute approximate surface area is 140 Å². The Morgan fingerprint density at radius 3 is 2.42 bits per heavy atom. The first-order valence-electron chi connectivity index (χ1n) is 7.70. The Morgan fingerprint density at radius 1 is 1.00 bits per heavy atom. The van der Waals surface area contributed by atoms with Crippen LogP contribution in [0.3, 0.4) is 0 Å². The summed E-state index contributed by atoms with van der Waals surface area (Å²) in [5.41, 5.74) is 2.44. The third-order valence-corrected chi connectivity index (χ3v) is 3.51. The third kappa shape index (κ3) is 3.81. The molecule has 3 aromatic rings. The molecule has 0 aliphatic rings. The lowest BCUT2D eigenvalue weighted by Crippen LogP contribution is -2.12. The molecule has 0 fully saturated rings. The number of hydrogen-bond donors (Lipinski definition) is 0. The summed E-state index contributed by atoms with van der Waals surface area (Å²) in [5.74, 6) is 0.392. The van der Waals surface area contributed by atoms with Crippen LogP contribution < -0.4 is 4.74 Å². The van der Waals surface area contributed by atoms with Gasteiger partial charge in [-0.15, -0.1) is 0 Å². The standard InChI is InChI=1S/C19H18N2O3/c1-15-11-12-20-21(15)17-9-7-16(8-10-17)19(22)24-14-13-23-18-5-3-2-4-6-18/h2-12H,13-14H2,1H3. The molecule has 0 radical (unpaired) electrons. The van der Waals surface area contributed by atoms with E-state index < -0.39 is 0 Å². The Balaban J connectivity index is 1.51. The molecule has 0 aliphatic carbocycles. The highest BCUT2D eigenvalue weighted by molar-refractivity contribution is 5.89. The van der Waals surface area contributed by atoms with Gasteiger partial charge in [-0.05, 0) is 49.4 Å². The number of carbonyl (C=O) groups excluding carboxylic acids is 1. The summed E-state index contributed by atoms with van der Waals surface area (Å²) in [5, 5.41) is 4.23. The van der Waals surface area contributed by atoms with Gasteiger partial charge in [0.05, 0.1) is 11.3 Å². The predicted molar refractivity (Wildman–Crippen MR) is 90.5 cm³/mol. The molecule has 122 valence electrons. The van der Waals surface area contributed by atoms with Crippen molar-refractivity contribution in [3.63, 3.8) is 0 Å². The zero-order valence-corrected chi connectivity index (χ0v) is 13.4. The van der Waals surface area contributed by atoms with E-state index in [0.29, 0.717) is 12.2 Å². The van der Waals surface area contributed by atoms with Crippen LogP contribution in [0.25, 0.3) is 5.69 Å². The summed E-state index contributed by atoms with van der Waals surface area (Å²) < 4.78 is 12.5. The number of carbonyl (C=O) groups is 1. The van der Waals surface area contributed by atoms with Gasteiger partial charge in [0, 0.05) is 11.9 Å². The first-order valence-corrected chi connectivity index (χ1v) is 7.70. The van der Waals surface area contributed by atoms with Crippen molar-refractivity contribution in [3.05, 3.63) is 78.1 Å². The fourth-order valence-electron chi connectivity index (χ4n) is 2.27. The number of rotatable bonds is 6. The van der Waals surface area contributed by atoms with Crippen molar-refractivity contribution in [2.45, 2.75) is 6.92 Å². The Morgan fingerprint density at radius 2 is 1.75 bits per heavy atom. The van der Waals surface area contributed by atoms with Crippen LogP contribution in [0, 0.1) is 6.92 Å². The van der Waals surface area contributed by atoms with Gasteiger partial charge in [-0.1, -0.05) is 18.2 Å². The molecule has 0 unspecified atom stereocenters. The molecular weight excluding hydrogens is 304 g/mol. The number of hydrogen-bond acceptors (Lipinski definition) is 4. The first kappa shape index (κ1) is 15.8. The number of para-hydroxylation sites is 1. The van der Waals surface area contributed by atoms with E-state index in [1.165, 1.54) is 0 Å². The van der Waals surface area contributed by atoms with E-state index in [2.05, 4.69) is 5.10 Å². The molecule has 1 aromatic heterocycles. The van der Waals surface area contributed by atoms with Crippen molar-refractivity contribution < 1.29 is 14.3 Å². The van der Waals surface area contributed by atoms with Crippen LogP contribution in [0.2, 0.25) is 0 Å². The zero-order chi connectivity index (χ0) is 16.8. The molecule has 24 heavy (non-hydrogen) atoms. The summed E-state index contributed by atoms with van der Waals surface area (Å²) in [7, 11) is 0. The van der Waals surface area contributed by atoms with E-state index in [1.807, 2.05) is 60.1 Å². The maximum Gasteiger partial charge on any atom is 0.338 e. The van der Waals surface area contributed by atoms with Crippen molar-refractivity contribution in [2.75, 3.05) is 13.2 Å². The first-order chi connectivity index (χ1) is 11.7. The van der Waals surface area contributed by atoms with E-state index in [0.717, 1.165) is 17.1 Å². The number of aromatic nitrogens is 2. The highest BCUT2D eigenvalue weighted by Crippen LogP contribution is 2.12. The molecule has 0 N–H and O–H groups in total. The molecule has 0 saturated heterocycles. The molecule has 0 spiro atoms. The second-order valence-electron chi connectivity index (χ2n) is 5.23. The van der Waals surface area contributed by atoms with E-state index in [9.17, 15) is 4.79 Å². The topological polar surface area (TPSA) is 53.4 Å². The minimum Gasteiger partial charge on any atom is -0.490 e. The maximum absolute atomic E-state index is 12.0. The number of ether oxygens (including phenoxy) is 2. The lowest BCUT2D eigenvalue weighted by atomic mass is 10.2. The summed E-state index contributed by atoms with van der Waals surface area (Å²) in [6.45, 7) is 2.50. The van der Waals surface area contributed by atoms with Gasteiger partial charge in [-0.25, -0.2) is 9.48 Å². The number of nitrogens with zero attached hydrogens (tertiary/aromatic N) is 2. The van der Waals surface area contributed by atoms with Crippen molar-refractivity contribution in [1.29, 1.82) is 0 Å². The minimum absolute atomic E-state index is 0.202. The summed E-state index contributed by atoms with van der Waals surface area (Å²) in [6, 6.07) is 18.5. The van der Waals surface area contributed by atoms with Gasteiger partial charge in [0.25, 0.3) is 0 Å². The van der Waals surface area contributed by atoms with Crippen molar-refractivity contribution >= 4 is 5.97 Å². The molecule has 0 saturated carbocycles. The van der Waals surface area contributed by atoms with E-state index in [4.69, 9.17) is 9.47 Å². The molecule has 3 rings (SSSR count). The highest BCUT2D eigenvalue weighted by atomic mass is 16.6. The average molecular weight is 322 g/mol. The van der Waals surface area contributed by atoms with Crippen LogP contribution in [0.15, 0.2) is 66.9 Å². The summed E-state index contributed by atoms with van der Waals surface area (Å²) >= 11 is 0. The normalized spacial score (nSPS) is 10.4. The Hall–Kier alpha value is -3.08. The van der Waals surface area contributed by atoms with Gasteiger partial charge in [0.15, 0.2) is 0 Å². The number of aryl methyl sites for hydroxylation is 1. The van der Waals surface area contributed by atoms with Crippen LogP contribution in [-0.2, 0) is 4.74 Å². The van der Waals surface area contributed by atoms with E-state index >= 15 is 0 Å². The monoisotopic (exact) mass is 322 g/mol. The maximum atomic E-state index is 12.0. The van der Waals surface area contributed by atoms with E-state index in [-0.39, 0.29) is 12.6 Å². The van der Waals surface area contributed by atoms with Crippen LogP contribution in [-0.4, -0.2) is 29.0 Å². The number of benzene rings is 2. The third-order valence-electron chi connectivity index (χ3n) is 3.51. The van der Waals surface area contributed by atoms with E-state index in [1.54, 1.807) is 18.3 Å². The van der Waals surface area contributed by atoms with Crippen LogP contribution >= 0.6 is 0 Å². The minimum atomic E-state index is -0.365. The molecule has 0 amide bonds. The fraction of sp³-hybridized carbons (Fsp3) is 0.158. The molecule has 0 aliphatic heterocycles. The molecule has 0 atom stereocenters. The molecule has 0 bridgehead atoms. The smallest absolute Gasteiger partial charge is 0.338 e. The zero-order valence-electron chi connectivity index (χ0n) is 13.4. The lowest BCUT2D eigenvalue weighted by Gasteiger charge is -2.08. The average Bonchev–Trinajstić information content (AvgIpc) is 3.05. The van der Waals surface area contributed by atoms with Gasteiger partial charge >= 0.3 is 5.97 Å². The van der Waals surface area contributed by atoms with Crippen molar-refractivity contribution in [2.24, 2.45) is 0 Å². The molecule has 1 heterocycles. The van der Waals surface area contributed by atoms with Gasteiger partial charge in [0.2, 0.25) is 0 Å². The molecule has 5 nitrogen and oxygen atoms in total.